The Morgan fingerprint density at radius 1 is 0.935 bits per heavy atom. The van der Waals surface area contributed by atoms with Gasteiger partial charge >= 0.3 is 5.97 Å². The average molecular weight is 420 g/mol. The Labute approximate surface area is 186 Å². The van der Waals surface area contributed by atoms with Gasteiger partial charge in [0.15, 0.2) is 0 Å². The zero-order valence-corrected chi connectivity index (χ0v) is 19.4. The van der Waals surface area contributed by atoms with E-state index in [1.165, 1.54) is 28.8 Å². The van der Waals surface area contributed by atoms with E-state index in [0.717, 1.165) is 25.2 Å². The molecule has 0 fully saturated rings. The second-order valence-electron chi connectivity index (χ2n) is 8.75. The van der Waals surface area contributed by atoms with Crippen molar-refractivity contribution in [2.45, 2.75) is 53.4 Å². The van der Waals surface area contributed by atoms with Crippen molar-refractivity contribution >= 4 is 5.97 Å². The van der Waals surface area contributed by atoms with Gasteiger partial charge in [0, 0.05) is 24.2 Å². The Bertz CT molecular complexity index is 1010. The number of benzene rings is 2. The van der Waals surface area contributed by atoms with Crippen LogP contribution in [0.25, 0.3) is 0 Å². The highest BCUT2D eigenvalue weighted by Gasteiger charge is 2.25. The first-order valence-corrected chi connectivity index (χ1v) is 11.1. The van der Waals surface area contributed by atoms with Crippen LogP contribution in [0.15, 0.2) is 66.9 Å². The minimum absolute atomic E-state index is 0.268. The number of ether oxygens (including phenoxy) is 1. The maximum absolute atomic E-state index is 12.3. The third-order valence-corrected chi connectivity index (χ3v) is 6.42. The number of rotatable bonds is 9. The Morgan fingerprint density at radius 2 is 1.61 bits per heavy atom. The van der Waals surface area contributed by atoms with Crippen molar-refractivity contribution in [2.75, 3.05) is 7.11 Å². The topological polar surface area (TPSA) is 35.7 Å². The van der Waals surface area contributed by atoms with Crippen LogP contribution >= 0.6 is 0 Å². The minimum Gasteiger partial charge on any atom is -0.465 e. The number of hydrogen-bond acceptors (Lipinski definition) is 2. The fourth-order valence-electron chi connectivity index (χ4n) is 4.05. The molecule has 0 saturated heterocycles. The molecule has 2 atom stereocenters. The predicted molar refractivity (Wildman–Crippen MR) is 125 cm³/mol. The molecular weight excluding hydrogens is 384 g/mol. The van der Waals surface area contributed by atoms with Crippen LogP contribution < -0.4 is 4.90 Å². The molecule has 0 aliphatic carbocycles. The zero-order valence-electron chi connectivity index (χ0n) is 19.4. The number of methoxy groups -OCH3 is 1. The van der Waals surface area contributed by atoms with Crippen molar-refractivity contribution in [2.24, 2.45) is 5.92 Å². The molecule has 0 aliphatic rings. The summed E-state index contributed by atoms with van der Waals surface area (Å²) < 4.78 is 7.37. The number of aryl methyl sites for hydroxylation is 1. The van der Waals surface area contributed by atoms with Gasteiger partial charge < -0.3 is 14.2 Å². The summed E-state index contributed by atoms with van der Waals surface area (Å²) in [5.74, 6) is 0.259. The first-order chi connectivity index (χ1) is 14.9. The molecule has 2 aromatic carbocycles. The lowest BCUT2D eigenvalue weighted by Gasteiger charge is -2.29. The van der Waals surface area contributed by atoms with E-state index >= 15 is 0 Å². The van der Waals surface area contributed by atoms with E-state index in [9.17, 15) is 4.79 Å². The summed E-state index contributed by atoms with van der Waals surface area (Å²) >= 11 is 0. The largest absolute Gasteiger partial charge is 0.465 e. The lowest BCUT2D eigenvalue weighted by Crippen LogP contribution is -3.13. The average Bonchev–Trinajstić information content (AvgIpc) is 3.20. The van der Waals surface area contributed by atoms with E-state index in [2.05, 4.69) is 74.9 Å². The van der Waals surface area contributed by atoms with E-state index in [-0.39, 0.29) is 5.97 Å². The van der Waals surface area contributed by atoms with E-state index < -0.39 is 0 Å². The highest BCUT2D eigenvalue weighted by Crippen LogP contribution is 2.13. The van der Waals surface area contributed by atoms with Gasteiger partial charge in [-0.1, -0.05) is 56.3 Å². The van der Waals surface area contributed by atoms with Crippen molar-refractivity contribution in [3.63, 3.8) is 0 Å². The Balaban J connectivity index is 1.87. The van der Waals surface area contributed by atoms with Crippen LogP contribution in [0.3, 0.4) is 0 Å². The molecule has 3 rings (SSSR count). The van der Waals surface area contributed by atoms with E-state index in [0.29, 0.717) is 17.5 Å². The SMILES string of the molecule is COC(=O)c1ccccc1C[NH+](Cc1cccn1Cc1ccccc1C)[C@@H](C)C(C)C. The normalized spacial score (nSPS) is 13.2. The second kappa shape index (κ2) is 10.5. The van der Waals surface area contributed by atoms with Crippen molar-refractivity contribution in [1.82, 2.24) is 4.57 Å². The summed E-state index contributed by atoms with van der Waals surface area (Å²) in [4.78, 5) is 13.7. The smallest absolute Gasteiger partial charge is 0.338 e. The number of hydrogen-bond donors (Lipinski definition) is 1. The van der Waals surface area contributed by atoms with Gasteiger partial charge in [-0.25, -0.2) is 4.79 Å². The quantitative estimate of drug-likeness (QED) is 0.526. The molecule has 1 N–H and O–H groups in total. The van der Waals surface area contributed by atoms with Gasteiger partial charge in [0.2, 0.25) is 0 Å². The van der Waals surface area contributed by atoms with Gasteiger partial charge in [-0.3, -0.25) is 0 Å². The van der Waals surface area contributed by atoms with Crippen LogP contribution in [-0.4, -0.2) is 23.7 Å². The number of quaternary nitrogens is 1. The molecule has 1 unspecified atom stereocenters. The predicted octanol–water partition coefficient (Wildman–Crippen LogP) is 4.26. The second-order valence-corrected chi connectivity index (χ2v) is 8.75. The zero-order chi connectivity index (χ0) is 22.4. The Kier molecular flexibility index (Phi) is 7.69. The highest BCUT2D eigenvalue weighted by atomic mass is 16.5. The molecule has 0 aliphatic heterocycles. The molecule has 0 radical (unpaired) electrons. The van der Waals surface area contributed by atoms with E-state index in [4.69, 9.17) is 4.74 Å². The number of esters is 1. The summed E-state index contributed by atoms with van der Waals surface area (Å²) in [5.41, 5.74) is 5.66. The number of carbonyl (C=O) groups is 1. The molecule has 0 saturated carbocycles. The van der Waals surface area contributed by atoms with Gasteiger partial charge in [-0.15, -0.1) is 0 Å². The highest BCUT2D eigenvalue weighted by molar-refractivity contribution is 5.90. The van der Waals surface area contributed by atoms with Gasteiger partial charge in [-0.05, 0) is 43.2 Å². The number of carbonyl (C=O) groups excluding carboxylic acids is 1. The molecule has 0 bridgehead atoms. The molecule has 1 aromatic heterocycles. The van der Waals surface area contributed by atoms with E-state index in [1.807, 2.05) is 24.3 Å². The first-order valence-electron chi connectivity index (χ1n) is 11.1. The molecule has 164 valence electrons. The molecular formula is C27H35N2O2+. The first kappa shape index (κ1) is 22.8. The van der Waals surface area contributed by atoms with Crippen LogP contribution in [0.4, 0.5) is 0 Å². The van der Waals surface area contributed by atoms with Crippen molar-refractivity contribution < 1.29 is 14.4 Å². The summed E-state index contributed by atoms with van der Waals surface area (Å²) in [6.45, 7) is 11.5. The van der Waals surface area contributed by atoms with Crippen LogP contribution in [0, 0.1) is 12.8 Å². The summed E-state index contributed by atoms with van der Waals surface area (Å²) in [6.07, 6.45) is 2.17. The molecule has 3 aromatic rings. The van der Waals surface area contributed by atoms with Gasteiger partial charge in [0.1, 0.15) is 13.1 Å². The fourth-order valence-corrected chi connectivity index (χ4v) is 4.05. The van der Waals surface area contributed by atoms with Crippen LogP contribution in [-0.2, 0) is 24.4 Å². The Morgan fingerprint density at radius 3 is 2.29 bits per heavy atom. The van der Waals surface area contributed by atoms with Crippen LogP contribution in [0.1, 0.15) is 53.5 Å². The molecule has 1 heterocycles. The van der Waals surface area contributed by atoms with Gasteiger partial charge in [0.25, 0.3) is 0 Å². The van der Waals surface area contributed by atoms with Crippen molar-refractivity contribution in [3.05, 3.63) is 94.8 Å². The monoisotopic (exact) mass is 419 g/mol. The summed E-state index contributed by atoms with van der Waals surface area (Å²) in [5, 5.41) is 0. The molecule has 0 amide bonds. The fraction of sp³-hybridized carbons (Fsp3) is 0.370. The maximum Gasteiger partial charge on any atom is 0.338 e. The molecule has 0 spiro atoms. The summed E-state index contributed by atoms with van der Waals surface area (Å²) in [7, 11) is 1.44. The summed E-state index contributed by atoms with van der Waals surface area (Å²) in [6, 6.07) is 21.2. The standard InChI is InChI=1S/C27H34N2O2/c1-20(2)22(4)29(18-24-13-8-9-15-26(24)27(30)31-5)19-25-14-10-16-28(25)17-23-12-7-6-11-21(23)3/h6-16,20,22H,17-19H2,1-5H3/p+1/t22-/m0/s1. The lowest BCUT2D eigenvalue weighted by molar-refractivity contribution is -0.954. The third kappa shape index (κ3) is 5.65. The molecule has 4 nitrogen and oxygen atoms in total. The third-order valence-electron chi connectivity index (χ3n) is 6.42. The lowest BCUT2D eigenvalue weighted by atomic mass is 10.0. The Hall–Kier alpha value is -2.85. The van der Waals surface area contributed by atoms with Gasteiger partial charge in [0.05, 0.1) is 24.4 Å². The van der Waals surface area contributed by atoms with Gasteiger partial charge in [-0.2, -0.15) is 0 Å². The van der Waals surface area contributed by atoms with Crippen LogP contribution in [0.2, 0.25) is 0 Å². The number of nitrogens with one attached hydrogen (secondary N) is 1. The van der Waals surface area contributed by atoms with Crippen molar-refractivity contribution in [1.29, 1.82) is 0 Å². The molecule has 4 heteroatoms. The molecule has 31 heavy (non-hydrogen) atoms. The van der Waals surface area contributed by atoms with Crippen molar-refractivity contribution in [3.8, 4) is 0 Å². The minimum atomic E-state index is -0.268. The van der Waals surface area contributed by atoms with Crippen LogP contribution in [0.5, 0.6) is 0 Å². The number of aromatic nitrogens is 1. The van der Waals surface area contributed by atoms with E-state index in [1.54, 1.807) is 0 Å². The maximum atomic E-state index is 12.3. The number of nitrogens with zero attached hydrogens (tertiary/aromatic N) is 1.